The summed E-state index contributed by atoms with van der Waals surface area (Å²) in [6, 6.07) is 3.89. The third-order valence-corrected chi connectivity index (χ3v) is 5.06. The fraction of sp³-hybridized carbons (Fsp3) is 0.353. The number of nitrogens with zero attached hydrogens (tertiary/aromatic N) is 2. The molecule has 0 atom stereocenters. The molecule has 1 aromatic heterocycles. The van der Waals surface area contributed by atoms with E-state index in [4.69, 9.17) is 9.47 Å². The summed E-state index contributed by atoms with van der Waals surface area (Å²) >= 11 is 2.59. The van der Waals surface area contributed by atoms with Crippen molar-refractivity contribution >= 4 is 40.7 Å². The summed E-state index contributed by atoms with van der Waals surface area (Å²) in [4.78, 5) is 39.3. The lowest BCUT2D eigenvalue weighted by molar-refractivity contribution is -0.384. The Balaban J connectivity index is 2.20. The normalized spacial score (nSPS) is 11.1. The van der Waals surface area contributed by atoms with E-state index in [-0.39, 0.29) is 11.3 Å². The molecule has 27 heavy (non-hydrogen) atoms. The number of nitro benzene ring substituents is 1. The third-order valence-electron chi connectivity index (χ3n) is 2.93. The van der Waals surface area contributed by atoms with Crippen molar-refractivity contribution < 1.29 is 24.0 Å². The molecule has 0 spiro atoms. The van der Waals surface area contributed by atoms with Gasteiger partial charge in [0.25, 0.3) is 5.69 Å². The van der Waals surface area contributed by atoms with Gasteiger partial charge in [-0.1, -0.05) is 11.8 Å². The maximum Gasteiger partial charge on any atom is 0.344 e. The smallest absolute Gasteiger partial charge is 0.344 e. The number of esters is 2. The van der Waals surface area contributed by atoms with Gasteiger partial charge in [-0.2, -0.15) is 0 Å². The summed E-state index contributed by atoms with van der Waals surface area (Å²) in [6.45, 7) is 6.33. The van der Waals surface area contributed by atoms with E-state index in [0.29, 0.717) is 9.24 Å². The molecule has 0 saturated carbocycles. The molecule has 8 nitrogen and oxygen atoms in total. The first-order chi connectivity index (χ1) is 12.5. The summed E-state index contributed by atoms with van der Waals surface area (Å²) in [7, 11) is 0. The number of carbonyl (C=O) groups excluding carboxylic acids is 2. The highest BCUT2D eigenvalue weighted by molar-refractivity contribution is 8.01. The Morgan fingerprint density at radius 3 is 2.59 bits per heavy atom. The van der Waals surface area contributed by atoms with E-state index in [1.807, 2.05) is 12.3 Å². The topological polar surface area (TPSA) is 109 Å². The highest BCUT2D eigenvalue weighted by Gasteiger charge is 2.22. The van der Waals surface area contributed by atoms with Gasteiger partial charge in [0.15, 0.2) is 10.9 Å². The average molecular weight is 410 g/mol. The summed E-state index contributed by atoms with van der Waals surface area (Å²) in [5.74, 6) is -1.55. The first-order valence-electron chi connectivity index (χ1n) is 7.82. The van der Waals surface area contributed by atoms with Crippen molar-refractivity contribution in [3.63, 3.8) is 0 Å². The number of hydrogen-bond donors (Lipinski definition) is 0. The van der Waals surface area contributed by atoms with Crippen molar-refractivity contribution in [2.45, 2.75) is 42.5 Å². The van der Waals surface area contributed by atoms with Gasteiger partial charge in [-0.15, -0.1) is 11.3 Å². The zero-order chi connectivity index (χ0) is 20.2. The van der Waals surface area contributed by atoms with Crippen molar-refractivity contribution in [1.29, 1.82) is 0 Å². The fourth-order valence-electron chi connectivity index (χ4n) is 1.93. The van der Waals surface area contributed by atoms with Crippen LogP contribution in [0.25, 0.3) is 0 Å². The number of hydrogen-bond acceptors (Lipinski definition) is 9. The predicted octanol–water partition coefficient (Wildman–Crippen LogP) is 4.01. The molecule has 1 heterocycles. The van der Waals surface area contributed by atoms with Crippen LogP contribution in [0.3, 0.4) is 0 Å². The van der Waals surface area contributed by atoms with Crippen molar-refractivity contribution in [2.75, 3.05) is 6.61 Å². The molecule has 0 amide bonds. The van der Waals surface area contributed by atoms with Crippen molar-refractivity contribution in [1.82, 2.24) is 4.98 Å². The molecule has 0 aliphatic carbocycles. The minimum absolute atomic E-state index is 0.00869. The minimum Gasteiger partial charge on any atom is -0.457 e. The quantitative estimate of drug-likeness (QED) is 0.399. The third kappa shape index (κ3) is 6.33. The Kier molecular flexibility index (Phi) is 6.55. The molecule has 0 radical (unpaired) electrons. The Bertz CT molecular complexity index is 873. The molecule has 10 heteroatoms. The van der Waals surface area contributed by atoms with Crippen LogP contribution in [0, 0.1) is 17.0 Å². The first kappa shape index (κ1) is 20.8. The SMILES string of the molecule is Cc1csc(Sc2ccc([N+](=O)[O-])cc2C(=O)OCC(=O)OC(C)(C)C)n1. The second kappa shape index (κ2) is 8.49. The molecule has 0 fully saturated rings. The van der Waals surface area contributed by atoms with Gasteiger partial charge in [-0.25, -0.2) is 14.6 Å². The van der Waals surface area contributed by atoms with Gasteiger partial charge in [0.1, 0.15) is 5.60 Å². The average Bonchev–Trinajstić information content (AvgIpc) is 2.96. The van der Waals surface area contributed by atoms with Crippen LogP contribution < -0.4 is 0 Å². The van der Waals surface area contributed by atoms with Crippen molar-refractivity contribution in [3.05, 3.63) is 45.0 Å². The van der Waals surface area contributed by atoms with Crippen LogP contribution in [0.1, 0.15) is 36.8 Å². The van der Waals surface area contributed by atoms with Gasteiger partial charge >= 0.3 is 11.9 Å². The van der Waals surface area contributed by atoms with E-state index < -0.39 is 29.1 Å². The van der Waals surface area contributed by atoms with Gasteiger partial charge in [-0.05, 0) is 33.8 Å². The zero-order valence-electron chi connectivity index (χ0n) is 15.2. The van der Waals surface area contributed by atoms with Gasteiger partial charge < -0.3 is 9.47 Å². The van der Waals surface area contributed by atoms with Gasteiger partial charge in [0.05, 0.1) is 10.5 Å². The molecule has 1 aromatic carbocycles. The molecule has 0 unspecified atom stereocenters. The molecular weight excluding hydrogens is 392 g/mol. The van der Waals surface area contributed by atoms with E-state index in [9.17, 15) is 19.7 Å². The second-order valence-corrected chi connectivity index (χ2v) is 8.60. The Labute approximate surface area is 164 Å². The zero-order valence-corrected chi connectivity index (χ0v) is 16.8. The number of ether oxygens (including phenoxy) is 2. The van der Waals surface area contributed by atoms with E-state index in [0.717, 1.165) is 11.8 Å². The van der Waals surface area contributed by atoms with Crippen LogP contribution in [0.4, 0.5) is 5.69 Å². The number of rotatable bonds is 6. The van der Waals surface area contributed by atoms with Gasteiger partial charge in [0.2, 0.25) is 0 Å². The summed E-state index contributed by atoms with van der Waals surface area (Å²) < 4.78 is 10.7. The highest BCUT2D eigenvalue weighted by atomic mass is 32.2. The summed E-state index contributed by atoms with van der Waals surface area (Å²) in [5.41, 5.74) is -0.137. The van der Waals surface area contributed by atoms with Crippen molar-refractivity contribution in [3.8, 4) is 0 Å². The number of aryl methyl sites for hydroxylation is 1. The molecule has 0 bridgehead atoms. The van der Waals surface area contributed by atoms with E-state index in [1.165, 1.54) is 35.2 Å². The molecule has 0 N–H and O–H groups in total. The number of carbonyl (C=O) groups is 2. The number of non-ortho nitro benzene ring substituents is 1. The molecule has 144 valence electrons. The van der Waals surface area contributed by atoms with Crippen LogP contribution in [0.2, 0.25) is 0 Å². The van der Waals surface area contributed by atoms with Crippen LogP contribution in [0.5, 0.6) is 0 Å². The Hall–Kier alpha value is -2.46. The highest BCUT2D eigenvalue weighted by Crippen LogP contribution is 2.34. The number of nitro groups is 1. The summed E-state index contributed by atoms with van der Waals surface area (Å²) in [5, 5.41) is 12.9. The lowest BCUT2D eigenvalue weighted by Crippen LogP contribution is -2.27. The molecule has 0 saturated heterocycles. The maximum atomic E-state index is 12.4. The second-order valence-electron chi connectivity index (χ2n) is 6.46. The first-order valence-corrected chi connectivity index (χ1v) is 9.52. The molecule has 2 aromatic rings. The van der Waals surface area contributed by atoms with E-state index >= 15 is 0 Å². The minimum atomic E-state index is -0.847. The lowest BCUT2D eigenvalue weighted by atomic mass is 10.2. The van der Waals surface area contributed by atoms with Gasteiger partial charge in [0, 0.05) is 28.1 Å². The van der Waals surface area contributed by atoms with E-state index in [2.05, 4.69) is 4.98 Å². The molecule has 2 rings (SSSR count). The van der Waals surface area contributed by atoms with Gasteiger partial charge in [-0.3, -0.25) is 10.1 Å². The number of aromatic nitrogens is 1. The standard InChI is InChI=1S/C17H18N2O6S2/c1-10-9-26-16(18-10)27-13-6-5-11(19(22)23)7-12(13)15(21)24-8-14(20)25-17(2,3)4/h5-7,9H,8H2,1-4H3. The molecular formula is C17H18N2O6S2. The Morgan fingerprint density at radius 1 is 1.33 bits per heavy atom. The summed E-state index contributed by atoms with van der Waals surface area (Å²) in [6.07, 6.45) is 0. The number of thiazole rings is 1. The Morgan fingerprint density at radius 2 is 2.04 bits per heavy atom. The monoisotopic (exact) mass is 410 g/mol. The number of benzene rings is 1. The lowest BCUT2D eigenvalue weighted by Gasteiger charge is -2.19. The van der Waals surface area contributed by atoms with Crippen LogP contribution in [-0.4, -0.2) is 34.1 Å². The largest absolute Gasteiger partial charge is 0.457 e. The maximum absolute atomic E-state index is 12.4. The molecule has 0 aliphatic rings. The van der Waals surface area contributed by atoms with Crippen LogP contribution in [-0.2, 0) is 14.3 Å². The molecule has 0 aliphatic heterocycles. The van der Waals surface area contributed by atoms with Crippen LogP contribution in [0.15, 0.2) is 32.8 Å². The fourth-order valence-corrected chi connectivity index (χ4v) is 3.82. The van der Waals surface area contributed by atoms with E-state index in [1.54, 1.807) is 20.8 Å². The van der Waals surface area contributed by atoms with Crippen molar-refractivity contribution in [2.24, 2.45) is 0 Å². The van der Waals surface area contributed by atoms with Crippen LogP contribution >= 0.6 is 23.1 Å². The predicted molar refractivity (Wildman–Crippen MR) is 100 cm³/mol.